The Hall–Kier alpha value is -3.85. The Balaban J connectivity index is 1.14. The van der Waals surface area contributed by atoms with Crippen molar-refractivity contribution in [3.63, 3.8) is 0 Å². The van der Waals surface area contributed by atoms with E-state index in [2.05, 4.69) is 63.6 Å². The van der Waals surface area contributed by atoms with Crippen LogP contribution in [0.4, 0.5) is 0 Å². The van der Waals surface area contributed by atoms with E-state index in [9.17, 15) is 4.79 Å². The Morgan fingerprint density at radius 2 is 1.48 bits per heavy atom. The molecular weight excluding hydrogens is 542 g/mol. The van der Waals surface area contributed by atoms with E-state index in [1.54, 1.807) is 6.26 Å². The van der Waals surface area contributed by atoms with Gasteiger partial charge in [-0.2, -0.15) is 0 Å². The monoisotopic (exact) mass is 569 g/mol. The minimum absolute atomic E-state index is 0.0887. The lowest BCUT2D eigenvalue weighted by atomic mass is 9.96. The van der Waals surface area contributed by atoms with Crippen LogP contribution in [0.5, 0.6) is 0 Å². The summed E-state index contributed by atoms with van der Waals surface area (Å²) in [5.41, 5.74) is 3.37. The number of thioether (sulfide) groups is 1. The number of benzene rings is 3. The number of aromatic nitrogens is 3. The first-order chi connectivity index (χ1) is 19.7. The van der Waals surface area contributed by atoms with Crippen molar-refractivity contribution >= 4 is 29.3 Å². The lowest BCUT2D eigenvalue weighted by molar-refractivity contribution is -0.130. The number of halogens is 1. The lowest BCUT2D eigenvalue weighted by Crippen LogP contribution is -2.50. The van der Waals surface area contributed by atoms with E-state index in [0.29, 0.717) is 34.9 Å². The first-order valence-corrected chi connectivity index (χ1v) is 14.5. The second-order valence-electron chi connectivity index (χ2n) is 9.52. The zero-order valence-corrected chi connectivity index (χ0v) is 23.3. The molecule has 1 aliphatic rings. The van der Waals surface area contributed by atoms with Crippen molar-refractivity contribution in [1.29, 1.82) is 0 Å². The normalized spacial score (nSPS) is 14.1. The first kappa shape index (κ1) is 26.4. The summed E-state index contributed by atoms with van der Waals surface area (Å²) in [5.74, 6) is 1.53. The summed E-state index contributed by atoms with van der Waals surface area (Å²) in [5, 5.41) is 10.0. The molecule has 9 heteroatoms. The van der Waals surface area contributed by atoms with Gasteiger partial charge in [-0.25, -0.2) is 0 Å². The first-order valence-electron chi connectivity index (χ1n) is 13.2. The highest BCUT2D eigenvalue weighted by atomic mass is 35.5. The highest BCUT2D eigenvalue weighted by Gasteiger charge is 2.28. The van der Waals surface area contributed by atoms with Crippen LogP contribution in [0.3, 0.4) is 0 Å². The number of furan rings is 1. The molecule has 1 aliphatic heterocycles. The zero-order chi connectivity index (χ0) is 27.3. The molecule has 7 nitrogen and oxygen atoms in total. The van der Waals surface area contributed by atoms with Crippen LogP contribution in [-0.2, 0) is 4.79 Å². The number of piperazine rings is 1. The number of nitrogens with zero attached hydrogens (tertiary/aromatic N) is 5. The van der Waals surface area contributed by atoms with Crippen molar-refractivity contribution in [3.8, 4) is 17.3 Å². The van der Waals surface area contributed by atoms with E-state index in [1.807, 2.05) is 58.0 Å². The molecule has 0 radical (unpaired) electrons. The van der Waals surface area contributed by atoms with Gasteiger partial charge in [-0.1, -0.05) is 84.0 Å². The van der Waals surface area contributed by atoms with Gasteiger partial charge in [0.15, 0.2) is 10.9 Å². The van der Waals surface area contributed by atoms with Gasteiger partial charge in [0.05, 0.1) is 18.1 Å². The maximum absolute atomic E-state index is 13.3. The van der Waals surface area contributed by atoms with E-state index >= 15 is 0 Å². The molecule has 6 rings (SSSR count). The molecule has 0 bridgehead atoms. The second-order valence-corrected chi connectivity index (χ2v) is 10.9. The average Bonchev–Trinajstić information content (AvgIpc) is 3.68. The smallest absolute Gasteiger partial charge is 0.233 e. The number of hydrogen-bond acceptors (Lipinski definition) is 6. The summed E-state index contributed by atoms with van der Waals surface area (Å²) in [6, 6.07) is 32.4. The van der Waals surface area contributed by atoms with Gasteiger partial charge in [0.2, 0.25) is 11.7 Å². The van der Waals surface area contributed by atoms with Gasteiger partial charge in [-0.05, 0) is 47.5 Å². The van der Waals surface area contributed by atoms with E-state index in [0.717, 1.165) is 18.8 Å². The van der Waals surface area contributed by atoms with Crippen LogP contribution >= 0.6 is 23.4 Å². The van der Waals surface area contributed by atoms with Crippen molar-refractivity contribution in [2.45, 2.75) is 11.2 Å². The number of amides is 1. The van der Waals surface area contributed by atoms with Gasteiger partial charge < -0.3 is 9.32 Å². The number of carbonyl (C=O) groups is 1. The molecule has 0 N–H and O–H groups in total. The molecule has 0 aliphatic carbocycles. The van der Waals surface area contributed by atoms with Crippen molar-refractivity contribution in [2.24, 2.45) is 0 Å². The Bertz CT molecular complexity index is 1490. The molecule has 1 saturated heterocycles. The maximum atomic E-state index is 13.3. The molecule has 0 atom stereocenters. The van der Waals surface area contributed by atoms with Crippen molar-refractivity contribution in [2.75, 3.05) is 31.9 Å². The van der Waals surface area contributed by atoms with Gasteiger partial charge in [0.25, 0.3) is 0 Å². The summed E-state index contributed by atoms with van der Waals surface area (Å²) >= 11 is 7.50. The molecule has 0 unspecified atom stereocenters. The Labute approximate surface area is 242 Å². The number of hydrogen-bond donors (Lipinski definition) is 0. The van der Waals surface area contributed by atoms with Gasteiger partial charge in [0, 0.05) is 36.9 Å². The fraction of sp³-hybridized carbons (Fsp3) is 0.194. The van der Waals surface area contributed by atoms with Crippen LogP contribution in [0.1, 0.15) is 17.2 Å². The molecule has 0 saturated carbocycles. The molecule has 40 heavy (non-hydrogen) atoms. The third kappa shape index (κ3) is 5.70. The van der Waals surface area contributed by atoms with Crippen molar-refractivity contribution < 1.29 is 9.21 Å². The van der Waals surface area contributed by atoms with Gasteiger partial charge in [-0.15, -0.1) is 10.2 Å². The molecule has 1 amide bonds. The minimum Gasteiger partial charge on any atom is -0.461 e. The van der Waals surface area contributed by atoms with Crippen molar-refractivity contribution in [1.82, 2.24) is 24.6 Å². The molecule has 202 valence electrons. The predicted octanol–water partition coefficient (Wildman–Crippen LogP) is 6.21. The molecule has 5 aromatic rings. The fourth-order valence-electron chi connectivity index (χ4n) is 5.08. The number of carbonyl (C=O) groups excluding carboxylic acids is 1. The van der Waals surface area contributed by atoms with E-state index < -0.39 is 0 Å². The number of rotatable bonds is 8. The third-order valence-corrected chi connectivity index (χ3v) is 8.21. The summed E-state index contributed by atoms with van der Waals surface area (Å²) in [4.78, 5) is 17.7. The maximum Gasteiger partial charge on any atom is 0.233 e. The van der Waals surface area contributed by atoms with Crippen molar-refractivity contribution in [3.05, 3.63) is 119 Å². The van der Waals surface area contributed by atoms with E-state index in [1.165, 1.54) is 22.9 Å². The van der Waals surface area contributed by atoms with Gasteiger partial charge in [-0.3, -0.25) is 14.3 Å². The summed E-state index contributed by atoms with van der Waals surface area (Å²) in [6.45, 7) is 2.96. The predicted molar refractivity (Wildman–Crippen MR) is 158 cm³/mol. The van der Waals surface area contributed by atoms with E-state index in [4.69, 9.17) is 16.0 Å². The van der Waals surface area contributed by atoms with Crippen LogP contribution in [0.25, 0.3) is 17.3 Å². The summed E-state index contributed by atoms with van der Waals surface area (Å²) in [6.07, 6.45) is 1.60. The highest BCUT2D eigenvalue weighted by Crippen LogP contribution is 2.31. The average molecular weight is 570 g/mol. The Morgan fingerprint density at radius 1 is 0.825 bits per heavy atom. The molecule has 3 aromatic carbocycles. The second kappa shape index (κ2) is 12.1. The highest BCUT2D eigenvalue weighted by molar-refractivity contribution is 7.99. The molecule has 1 fully saturated rings. The topological polar surface area (TPSA) is 67.4 Å². The molecule has 2 aromatic heterocycles. The Kier molecular flexibility index (Phi) is 7.99. The molecular formula is C31H28ClN5O2S. The quantitative estimate of drug-likeness (QED) is 0.207. The van der Waals surface area contributed by atoms with Gasteiger partial charge in [0.1, 0.15) is 0 Å². The lowest BCUT2D eigenvalue weighted by Gasteiger charge is -2.39. The third-order valence-electron chi connectivity index (χ3n) is 7.05. The van der Waals surface area contributed by atoms with E-state index in [-0.39, 0.29) is 17.7 Å². The van der Waals surface area contributed by atoms with Crippen LogP contribution in [0, 0.1) is 0 Å². The minimum atomic E-state index is 0.0887. The van der Waals surface area contributed by atoms with Crippen LogP contribution < -0.4 is 0 Å². The van der Waals surface area contributed by atoms with Crippen LogP contribution in [0.15, 0.2) is 113 Å². The summed E-state index contributed by atoms with van der Waals surface area (Å²) in [7, 11) is 0. The molecule has 3 heterocycles. The van der Waals surface area contributed by atoms with Gasteiger partial charge >= 0.3 is 0 Å². The largest absolute Gasteiger partial charge is 0.461 e. The summed E-state index contributed by atoms with van der Waals surface area (Å²) < 4.78 is 7.49. The molecule has 0 spiro atoms. The Morgan fingerprint density at radius 3 is 2.08 bits per heavy atom. The standard InChI is InChI=1S/C31H28ClN5O2S/c32-25-13-15-26(16-14-25)37-30(27-12-7-21-39-27)33-34-31(37)40-22-28(38)35-17-19-36(20-18-35)29(23-8-3-1-4-9-23)24-10-5-2-6-11-24/h1-16,21,29H,17-20,22H2. The fourth-order valence-corrected chi connectivity index (χ4v) is 6.06. The van der Waals surface area contributed by atoms with Crippen LogP contribution in [0.2, 0.25) is 5.02 Å². The zero-order valence-electron chi connectivity index (χ0n) is 21.8. The van der Waals surface area contributed by atoms with Crippen LogP contribution in [-0.4, -0.2) is 62.4 Å². The SMILES string of the molecule is O=C(CSc1nnc(-c2ccco2)n1-c1ccc(Cl)cc1)N1CCN(C(c2ccccc2)c2ccccc2)CC1.